The second-order valence-electron chi connectivity index (χ2n) is 9.27. The van der Waals surface area contributed by atoms with E-state index in [4.69, 9.17) is 4.74 Å². The molecule has 0 fully saturated rings. The molecule has 204 valence electrons. The van der Waals surface area contributed by atoms with Crippen molar-refractivity contribution in [2.45, 2.75) is 46.3 Å². The third kappa shape index (κ3) is 6.84. The quantitative estimate of drug-likeness (QED) is 0.348. The van der Waals surface area contributed by atoms with Gasteiger partial charge in [-0.25, -0.2) is 14.4 Å². The van der Waals surface area contributed by atoms with Gasteiger partial charge in [-0.1, -0.05) is 45.0 Å². The topological polar surface area (TPSA) is 99.8 Å². The van der Waals surface area contributed by atoms with Crippen LogP contribution in [0.3, 0.4) is 0 Å². The van der Waals surface area contributed by atoms with Crippen molar-refractivity contribution >= 4 is 29.4 Å². The fraction of sp³-hybridized carbons (Fsp3) is 0.370. The number of nitrogens with one attached hydrogen (secondary N) is 3. The molecule has 2 aromatic rings. The lowest BCUT2D eigenvalue weighted by Gasteiger charge is -2.35. The van der Waals surface area contributed by atoms with Gasteiger partial charge in [0.15, 0.2) is 0 Å². The third-order valence-electron chi connectivity index (χ3n) is 5.79. The molecule has 1 aliphatic rings. The number of esters is 1. The van der Waals surface area contributed by atoms with E-state index < -0.39 is 29.8 Å². The molecule has 1 aliphatic heterocycles. The zero-order valence-electron chi connectivity index (χ0n) is 21.6. The molecule has 0 spiro atoms. The van der Waals surface area contributed by atoms with Crippen molar-refractivity contribution in [3.8, 4) is 0 Å². The monoisotopic (exact) mass is 532 g/mol. The maximum Gasteiger partial charge on any atom is 0.418 e. The number of hydrogen-bond donors (Lipinski definition) is 3. The molecule has 1 atom stereocenters. The van der Waals surface area contributed by atoms with Gasteiger partial charge in [0.2, 0.25) is 0 Å². The predicted octanol–water partition coefficient (Wildman–Crippen LogP) is 6.30. The second kappa shape index (κ2) is 12.0. The van der Waals surface area contributed by atoms with Crippen LogP contribution < -0.4 is 16.0 Å². The molecule has 0 aliphatic carbocycles. The number of urea groups is 2. The van der Waals surface area contributed by atoms with Gasteiger partial charge in [-0.2, -0.15) is 13.2 Å². The highest BCUT2D eigenvalue weighted by molar-refractivity contribution is 6.00. The highest BCUT2D eigenvalue weighted by atomic mass is 19.4. The van der Waals surface area contributed by atoms with Crippen molar-refractivity contribution in [2.75, 3.05) is 23.8 Å². The lowest BCUT2D eigenvalue weighted by Crippen LogP contribution is -2.48. The molecule has 4 amide bonds. The molecule has 0 saturated heterocycles. The Hall–Kier alpha value is -4.02. The van der Waals surface area contributed by atoms with Crippen molar-refractivity contribution in [2.24, 2.45) is 5.92 Å². The summed E-state index contributed by atoms with van der Waals surface area (Å²) < 4.78 is 45.1. The van der Waals surface area contributed by atoms with Gasteiger partial charge >= 0.3 is 24.2 Å². The molecule has 3 rings (SSSR count). The number of nitrogens with zero attached hydrogens (tertiary/aromatic N) is 1. The van der Waals surface area contributed by atoms with E-state index in [1.165, 1.54) is 29.2 Å². The summed E-state index contributed by atoms with van der Waals surface area (Å²) >= 11 is 0. The van der Waals surface area contributed by atoms with E-state index in [9.17, 15) is 27.6 Å². The van der Waals surface area contributed by atoms with E-state index in [0.29, 0.717) is 35.5 Å². The molecule has 3 N–H and O–H groups in total. The highest BCUT2D eigenvalue weighted by Crippen LogP contribution is 2.35. The molecule has 0 bridgehead atoms. The maximum absolute atomic E-state index is 13.2. The number of ether oxygens (including phenoxy) is 1. The van der Waals surface area contributed by atoms with E-state index in [2.05, 4.69) is 16.0 Å². The minimum atomic E-state index is -4.62. The van der Waals surface area contributed by atoms with Crippen LogP contribution in [0.25, 0.3) is 0 Å². The van der Waals surface area contributed by atoms with Crippen LogP contribution in [-0.2, 0) is 15.7 Å². The molecule has 2 aromatic carbocycles. The fourth-order valence-electron chi connectivity index (χ4n) is 3.99. The van der Waals surface area contributed by atoms with Gasteiger partial charge in [0.1, 0.15) is 0 Å². The van der Waals surface area contributed by atoms with E-state index in [1.54, 1.807) is 19.1 Å². The third-order valence-corrected chi connectivity index (χ3v) is 5.79. The van der Waals surface area contributed by atoms with Gasteiger partial charge in [-0.05, 0) is 49.1 Å². The standard InChI is InChI=1S/C27H31F3N4O4/c1-5-14-34-17(4)22(24(35)38-15-16(2)3)23(33-26(34)37)18-10-12-19(13-11-18)31-25(36)32-21-9-7-6-8-20(21)27(28,29)30/h6-13,16,23H,5,14-15H2,1-4H3,(H,33,37)(H2,31,32,36). The van der Waals surface area contributed by atoms with Crippen molar-refractivity contribution < 1.29 is 32.3 Å². The average molecular weight is 533 g/mol. The summed E-state index contributed by atoms with van der Waals surface area (Å²) in [5.74, 6) is -0.407. The zero-order valence-corrected chi connectivity index (χ0v) is 21.6. The van der Waals surface area contributed by atoms with Crippen LogP contribution in [0.5, 0.6) is 0 Å². The molecule has 0 aromatic heterocycles. The van der Waals surface area contributed by atoms with Crippen LogP contribution in [0.15, 0.2) is 59.8 Å². The Bertz CT molecular complexity index is 1210. The van der Waals surface area contributed by atoms with Crippen LogP contribution in [-0.4, -0.2) is 36.1 Å². The first-order valence-corrected chi connectivity index (χ1v) is 12.2. The Labute approximate surface area is 219 Å². The normalized spacial score (nSPS) is 15.8. The number of anilines is 2. The van der Waals surface area contributed by atoms with Gasteiger partial charge < -0.3 is 20.7 Å². The molecule has 11 heteroatoms. The van der Waals surface area contributed by atoms with Crippen molar-refractivity contribution in [3.63, 3.8) is 0 Å². The number of amides is 4. The maximum atomic E-state index is 13.2. The summed E-state index contributed by atoms with van der Waals surface area (Å²) in [6, 6.07) is 8.96. The second-order valence-corrected chi connectivity index (χ2v) is 9.27. The molecule has 38 heavy (non-hydrogen) atoms. The number of benzene rings is 2. The molecule has 1 unspecified atom stereocenters. The smallest absolute Gasteiger partial charge is 0.418 e. The van der Waals surface area contributed by atoms with E-state index in [-0.39, 0.29) is 24.2 Å². The summed E-state index contributed by atoms with van der Waals surface area (Å²) in [4.78, 5) is 39.7. The van der Waals surface area contributed by atoms with E-state index in [1.807, 2.05) is 20.8 Å². The Morgan fingerprint density at radius 1 is 1.08 bits per heavy atom. The number of para-hydroxylation sites is 1. The summed E-state index contributed by atoms with van der Waals surface area (Å²) in [7, 11) is 0. The van der Waals surface area contributed by atoms with E-state index in [0.717, 1.165) is 12.1 Å². The fourth-order valence-corrected chi connectivity index (χ4v) is 3.99. The van der Waals surface area contributed by atoms with Crippen molar-refractivity contribution in [3.05, 3.63) is 70.9 Å². The van der Waals surface area contributed by atoms with Crippen LogP contribution >= 0.6 is 0 Å². The minimum Gasteiger partial charge on any atom is -0.462 e. The Balaban J connectivity index is 1.81. The van der Waals surface area contributed by atoms with Crippen LogP contribution in [0.4, 0.5) is 34.1 Å². The van der Waals surface area contributed by atoms with Gasteiger partial charge in [0.05, 0.1) is 29.5 Å². The number of carbonyl (C=O) groups is 3. The van der Waals surface area contributed by atoms with Gasteiger partial charge in [-0.3, -0.25) is 4.90 Å². The number of carbonyl (C=O) groups excluding carboxylic acids is 3. The molecule has 1 heterocycles. The lowest BCUT2D eigenvalue weighted by atomic mass is 9.94. The zero-order chi connectivity index (χ0) is 28.0. The largest absolute Gasteiger partial charge is 0.462 e. The number of halogens is 3. The highest BCUT2D eigenvalue weighted by Gasteiger charge is 2.36. The van der Waals surface area contributed by atoms with Crippen molar-refractivity contribution in [1.82, 2.24) is 10.2 Å². The minimum absolute atomic E-state index is 0.128. The van der Waals surface area contributed by atoms with Crippen LogP contribution in [0.1, 0.15) is 51.3 Å². The molecule has 8 nitrogen and oxygen atoms in total. The predicted molar refractivity (Wildman–Crippen MR) is 137 cm³/mol. The van der Waals surface area contributed by atoms with Gasteiger partial charge in [-0.15, -0.1) is 0 Å². The molecule has 0 radical (unpaired) electrons. The summed E-state index contributed by atoms with van der Waals surface area (Å²) in [6.45, 7) is 8.11. The lowest BCUT2D eigenvalue weighted by molar-refractivity contribution is -0.140. The van der Waals surface area contributed by atoms with E-state index >= 15 is 0 Å². The van der Waals surface area contributed by atoms with Gasteiger partial charge in [0.25, 0.3) is 0 Å². The number of hydrogen-bond acceptors (Lipinski definition) is 4. The number of rotatable bonds is 8. The summed E-state index contributed by atoms with van der Waals surface area (Å²) in [5, 5.41) is 7.56. The first-order valence-electron chi connectivity index (χ1n) is 12.2. The van der Waals surface area contributed by atoms with Crippen molar-refractivity contribution in [1.29, 1.82) is 0 Å². The molecular weight excluding hydrogens is 501 g/mol. The van der Waals surface area contributed by atoms with Crippen LogP contribution in [0, 0.1) is 5.92 Å². The Kier molecular flexibility index (Phi) is 9.03. The Morgan fingerprint density at radius 3 is 2.34 bits per heavy atom. The summed E-state index contributed by atoms with van der Waals surface area (Å²) in [6.07, 6.45) is -3.93. The SMILES string of the molecule is CCCN1C(=O)NC(c2ccc(NC(=O)Nc3ccccc3C(F)(F)F)cc2)C(C(=O)OCC(C)C)=C1C. The Morgan fingerprint density at radius 2 is 1.74 bits per heavy atom. The molecule has 0 saturated carbocycles. The number of alkyl halides is 3. The van der Waals surface area contributed by atoms with Crippen LogP contribution in [0.2, 0.25) is 0 Å². The first kappa shape index (κ1) is 28.5. The average Bonchev–Trinajstić information content (AvgIpc) is 2.85. The number of allylic oxidation sites excluding steroid dienone is 1. The first-order chi connectivity index (χ1) is 17.9. The summed E-state index contributed by atoms with van der Waals surface area (Å²) in [5.41, 5.74) is 0.338. The molecular formula is C27H31F3N4O4. The van der Waals surface area contributed by atoms with Gasteiger partial charge in [0, 0.05) is 17.9 Å².